The molecule has 200 valence electrons. The number of carbonyl (C=O) groups excluding carboxylic acids is 2. The molecule has 0 aliphatic carbocycles. The van der Waals surface area contributed by atoms with Crippen LogP contribution < -0.4 is 9.47 Å². The first-order chi connectivity index (χ1) is 17.7. The molecule has 1 heterocycles. The lowest BCUT2D eigenvalue weighted by atomic mass is 10.2. The highest BCUT2D eigenvalue weighted by atomic mass is 32.2. The largest absolute Gasteiger partial charge is 0.493 e. The maximum atomic E-state index is 12.8. The van der Waals surface area contributed by atoms with Crippen LogP contribution in [0.3, 0.4) is 0 Å². The lowest BCUT2D eigenvalue weighted by molar-refractivity contribution is -0.143. The van der Waals surface area contributed by atoms with E-state index in [1.54, 1.807) is 56.4 Å². The fourth-order valence-electron chi connectivity index (χ4n) is 3.45. The minimum atomic E-state index is -3.69. The standard InChI is InChI=1S/C26H31NO8S2/c1-4-33-25(28)11-12-27(2)26(29)24-16-20-15-22(21(32-3)17-23(20)36-24)34-13-8-14-35-37(30,31)18-19-9-6-5-7-10-19/h5-7,9-10,15-17H,4,8,11-14,18H2,1-3H3. The van der Waals surface area contributed by atoms with Crippen molar-refractivity contribution in [2.24, 2.45) is 0 Å². The molecule has 11 heteroatoms. The number of amides is 1. The molecule has 0 N–H and O–H groups in total. The molecular formula is C26H31NO8S2. The number of hydrogen-bond donors (Lipinski definition) is 0. The molecule has 0 aliphatic rings. The van der Waals surface area contributed by atoms with E-state index in [2.05, 4.69) is 0 Å². The fourth-order valence-corrected chi connectivity index (χ4v) is 5.58. The average molecular weight is 550 g/mol. The molecule has 37 heavy (non-hydrogen) atoms. The quantitative estimate of drug-likeness (QED) is 0.167. The average Bonchev–Trinajstić information content (AvgIpc) is 3.29. The number of thiophene rings is 1. The van der Waals surface area contributed by atoms with E-state index in [0.717, 1.165) is 10.1 Å². The fraction of sp³-hybridized carbons (Fsp3) is 0.385. The van der Waals surface area contributed by atoms with Gasteiger partial charge in [0.1, 0.15) is 5.75 Å². The van der Waals surface area contributed by atoms with Gasteiger partial charge in [0, 0.05) is 30.8 Å². The Labute approximate surface area is 221 Å². The molecule has 0 aliphatic heterocycles. The van der Waals surface area contributed by atoms with E-state index in [1.807, 2.05) is 6.07 Å². The Balaban J connectivity index is 1.56. The van der Waals surface area contributed by atoms with E-state index in [0.29, 0.717) is 35.0 Å². The first-order valence-electron chi connectivity index (χ1n) is 11.8. The summed E-state index contributed by atoms with van der Waals surface area (Å²) in [5.41, 5.74) is 0.663. The van der Waals surface area contributed by atoms with Crippen LogP contribution in [0.2, 0.25) is 0 Å². The maximum absolute atomic E-state index is 12.8. The molecule has 0 spiro atoms. The van der Waals surface area contributed by atoms with Gasteiger partial charge in [0.25, 0.3) is 16.0 Å². The third-order valence-electron chi connectivity index (χ3n) is 5.31. The molecule has 3 aromatic rings. The van der Waals surface area contributed by atoms with Crippen molar-refractivity contribution in [2.75, 3.05) is 40.5 Å². The molecule has 2 aromatic carbocycles. The zero-order valence-corrected chi connectivity index (χ0v) is 22.7. The lowest BCUT2D eigenvalue weighted by Crippen LogP contribution is -2.28. The van der Waals surface area contributed by atoms with Gasteiger partial charge in [0.05, 0.1) is 38.2 Å². The second-order valence-electron chi connectivity index (χ2n) is 8.14. The predicted octanol–water partition coefficient (Wildman–Crippen LogP) is 4.25. The Morgan fingerprint density at radius 1 is 1.03 bits per heavy atom. The third-order valence-corrected chi connectivity index (χ3v) is 7.61. The number of benzene rings is 2. The Hall–Kier alpha value is -3.15. The molecule has 0 atom stereocenters. The van der Waals surface area contributed by atoms with Gasteiger partial charge in [0.2, 0.25) is 0 Å². The van der Waals surface area contributed by atoms with Gasteiger partial charge in [-0.05, 0) is 30.0 Å². The summed E-state index contributed by atoms with van der Waals surface area (Å²) >= 11 is 1.32. The van der Waals surface area contributed by atoms with E-state index in [4.69, 9.17) is 18.4 Å². The van der Waals surface area contributed by atoms with Crippen LogP contribution in [0, 0.1) is 0 Å². The SMILES string of the molecule is CCOC(=O)CCN(C)C(=O)c1cc2cc(OCCCOS(=O)(=O)Cc3ccccc3)c(OC)cc2s1. The van der Waals surface area contributed by atoms with Crippen molar-refractivity contribution < 1.29 is 36.4 Å². The van der Waals surface area contributed by atoms with E-state index >= 15 is 0 Å². The minimum absolute atomic E-state index is 0.00500. The summed E-state index contributed by atoms with van der Waals surface area (Å²) in [4.78, 5) is 26.4. The van der Waals surface area contributed by atoms with Crippen molar-refractivity contribution in [2.45, 2.75) is 25.5 Å². The number of carbonyl (C=O) groups is 2. The summed E-state index contributed by atoms with van der Waals surface area (Å²) in [6.45, 7) is 2.51. The zero-order valence-electron chi connectivity index (χ0n) is 21.1. The number of methoxy groups -OCH3 is 1. The summed E-state index contributed by atoms with van der Waals surface area (Å²) in [6.07, 6.45) is 0.484. The van der Waals surface area contributed by atoms with Crippen molar-refractivity contribution in [3.8, 4) is 11.5 Å². The van der Waals surface area contributed by atoms with Crippen LogP contribution in [0.4, 0.5) is 0 Å². The first kappa shape index (κ1) is 28.4. The van der Waals surface area contributed by atoms with Crippen LogP contribution in [-0.2, 0) is 29.6 Å². The number of hydrogen-bond acceptors (Lipinski definition) is 9. The van der Waals surface area contributed by atoms with Crippen LogP contribution in [0.25, 0.3) is 10.1 Å². The molecule has 0 saturated heterocycles. The van der Waals surface area contributed by atoms with Crippen molar-refractivity contribution in [1.29, 1.82) is 0 Å². The molecular weight excluding hydrogens is 518 g/mol. The molecule has 1 aromatic heterocycles. The molecule has 0 fully saturated rings. The van der Waals surface area contributed by atoms with E-state index in [1.165, 1.54) is 23.3 Å². The van der Waals surface area contributed by atoms with Crippen LogP contribution in [0.1, 0.15) is 35.0 Å². The van der Waals surface area contributed by atoms with Crippen molar-refractivity contribution in [1.82, 2.24) is 4.90 Å². The predicted molar refractivity (Wildman–Crippen MR) is 142 cm³/mol. The first-order valence-corrected chi connectivity index (χ1v) is 14.2. The smallest absolute Gasteiger partial charge is 0.307 e. The van der Waals surface area contributed by atoms with Gasteiger partial charge in [-0.2, -0.15) is 8.42 Å². The van der Waals surface area contributed by atoms with Gasteiger partial charge in [-0.25, -0.2) is 0 Å². The number of rotatable bonds is 14. The number of ether oxygens (including phenoxy) is 3. The molecule has 9 nitrogen and oxygen atoms in total. The Kier molecular flexibility index (Phi) is 10.3. The monoisotopic (exact) mass is 549 g/mol. The molecule has 3 rings (SSSR count). The van der Waals surface area contributed by atoms with Gasteiger partial charge in [-0.15, -0.1) is 11.3 Å². The van der Waals surface area contributed by atoms with Crippen molar-refractivity contribution >= 4 is 43.4 Å². The summed E-state index contributed by atoms with van der Waals surface area (Å²) in [5, 5.41) is 0.810. The summed E-state index contributed by atoms with van der Waals surface area (Å²) in [7, 11) is -0.520. The molecule has 0 saturated carbocycles. The highest BCUT2D eigenvalue weighted by Gasteiger charge is 2.18. The number of esters is 1. The summed E-state index contributed by atoms with van der Waals surface area (Å²) < 4.78 is 46.4. The Morgan fingerprint density at radius 3 is 2.49 bits per heavy atom. The molecule has 0 bridgehead atoms. The Bertz CT molecular complexity index is 1300. The van der Waals surface area contributed by atoms with E-state index < -0.39 is 10.1 Å². The highest BCUT2D eigenvalue weighted by molar-refractivity contribution is 7.85. The van der Waals surface area contributed by atoms with Crippen molar-refractivity contribution in [3.63, 3.8) is 0 Å². The van der Waals surface area contributed by atoms with Gasteiger partial charge >= 0.3 is 5.97 Å². The van der Waals surface area contributed by atoms with Crippen LogP contribution in [-0.4, -0.2) is 65.7 Å². The van der Waals surface area contributed by atoms with Crippen LogP contribution >= 0.6 is 11.3 Å². The lowest BCUT2D eigenvalue weighted by Gasteiger charge is -2.15. The topological polar surface area (TPSA) is 108 Å². The summed E-state index contributed by atoms with van der Waals surface area (Å²) in [5.74, 6) is 0.261. The van der Waals surface area contributed by atoms with Gasteiger partial charge in [0.15, 0.2) is 11.5 Å². The Morgan fingerprint density at radius 2 is 1.78 bits per heavy atom. The van der Waals surface area contributed by atoms with Gasteiger partial charge in [-0.3, -0.25) is 13.8 Å². The van der Waals surface area contributed by atoms with Crippen LogP contribution in [0.5, 0.6) is 11.5 Å². The maximum Gasteiger partial charge on any atom is 0.307 e. The second-order valence-corrected chi connectivity index (χ2v) is 10.9. The number of fused-ring (bicyclic) bond motifs is 1. The van der Waals surface area contributed by atoms with Gasteiger partial charge < -0.3 is 19.1 Å². The zero-order chi connectivity index (χ0) is 26.8. The highest BCUT2D eigenvalue weighted by Crippen LogP contribution is 2.37. The molecule has 0 radical (unpaired) electrons. The second kappa shape index (κ2) is 13.4. The molecule has 0 unspecified atom stereocenters. The summed E-state index contributed by atoms with van der Waals surface area (Å²) in [6, 6.07) is 14.2. The molecule has 1 amide bonds. The van der Waals surface area contributed by atoms with Crippen molar-refractivity contribution in [3.05, 3.63) is 59.0 Å². The van der Waals surface area contributed by atoms with Crippen LogP contribution in [0.15, 0.2) is 48.5 Å². The minimum Gasteiger partial charge on any atom is -0.493 e. The number of nitrogens with zero attached hydrogens (tertiary/aromatic N) is 1. The van der Waals surface area contributed by atoms with Gasteiger partial charge in [-0.1, -0.05) is 30.3 Å². The normalized spacial score (nSPS) is 11.3. The van der Waals surface area contributed by atoms with E-state index in [9.17, 15) is 18.0 Å². The third kappa shape index (κ3) is 8.44. The van der Waals surface area contributed by atoms with E-state index in [-0.39, 0.29) is 43.8 Å².